The molecule has 0 atom stereocenters. The van der Waals surface area contributed by atoms with Crippen molar-refractivity contribution < 1.29 is 17.9 Å². The highest BCUT2D eigenvalue weighted by Gasteiger charge is 2.38. The van der Waals surface area contributed by atoms with Crippen LogP contribution in [-0.4, -0.2) is 83.5 Å². The molecule has 0 unspecified atom stereocenters. The van der Waals surface area contributed by atoms with Gasteiger partial charge in [0.2, 0.25) is 10.0 Å². The zero-order chi connectivity index (χ0) is 24.3. The van der Waals surface area contributed by atoms with Crippen molar-refractivity contribution in [2.24, 2.45) is 11.3 Å². The number of hydrogen-bond acceptors (Lipinski definition) is 7. The van der Waals surface area contributed by atoms with Crippen molar-refractivity contribution in [2.75, 3.05) is 58.0 Å². The fraction of sp³-hybridized carbons (Fsp3) is 0.808. The van der Waals surface area contributed by atoms with Crippen molar-refractivity contribution in [1.82, 2.24) is 14.6 Å². The van der Waals surface area contributed by atoms with E-state index >= 15 is 0 Å². The molecule has 0 radical (unpaired) electrons. The summed E-state index contributed by atoms with van der Waals surface area (Å²) in [6.45, 7) is 6.56. The molecule has 9 heteroatoms. The summed E-state index contributed by atoms with van der Waals surface area (Å²) in [5.41, 5.74) is 0.350. The van der Waals surface area contributed by atoms with Gasteiger partial charge in [-0.3, -0.25) is 0 Å². The third-order valence-electron chi connectivity index (χ3n) is 8.89. The largest absolute Gasteiger partial charge is 0.381 e. The number of rotatable bonds is 7. The molecule has 3 aliphatic heterocycles. The maximum Gasteiger partial charge on any atom is 0.242 e. The normalized spacial score (nSPS) is 28.1. The van der Waals surface area contributed by atoms with Crippen LogP contribution < -0.4 is 9.62 Å². The Hall–Kier alpha value is -1.26. The molecule has 8 nitrogen and oxygen atoms in total. The molecule has 1 aromatic heterocycles. The van der Waals surface area contributed by atoms with E-state index in [0.29, 0.717) is 11.5 Å². The minimum atomic E-state index is -3.56. The zero-order valence-corrected chi connectivity index (χ0v) is 22.0. The molecular weight excluding hydrogens is 464 g/mol. The molecule has 35 heavy (non-hydrogen) atoms. The Morgan fingerprint density at radius 3 is 2.40 bits per heavy atom. The van der Waals surface area contributed by atoms with E-state index in [1.807, 2.05) is 6.07 Å². The molecular formula is C26H42N4O4S. The topological polar surface area (TPSA) is 84.0 Å². The molecule has 196 valence electrons. The van der Waals surface area contributed by atoms with Gasteiger partial charge in [-0.05, 0) is 88.3 Å². The van der Waals surface area contributed by atoms with E-state index < -0.39 is 10.0 Å². The van der Waals surface area contributed by atoms with Crippen molar-refractivity contribution in [3.63, 3.8) is 0 Å². The Balaban J connectivity index is 1.09. The Bertz CT molecular complexity index is 911. The van der Waals surface area contributed by atoms with Gasteiger partial charge in [-0.2, -0.15) is 0 Å². The molecule has 1 saturated carbocycles. The monoisotopic (exact) mass is 506 g/mol. The lowest BCUT2D eigenvalue weighted by molar-refractivity contribution is 0.0466. The average molecular weight is 507 g/mol. The number of nitrogens with one attached hydrogen (secondary N) is 1. The summed E-state index contributed by atoms with van der Waals surface area (Å²) in [7, 11) is -1.34. The number of aromatic nitrogens is 1. The van der Waals surface area contributed by atoms with Gasteiger partial charge in [0.05, 0.1) is 6.61 Å². The van der Waals surface area contributed by atoms with Crippen molar-refractivity contribution in [1.29, 1.82) is 0 Å². The first-order valence-corrected chi connectivity index (χ1v) is 15.0. The third kappa shape index (κ3) is 6.18. The Morgan fingerprint density at radius 2 is 1.77 bits per heavy atom. The first-order valence-electron chi connectivity index (χ1n) is 13.5. The molecule has 1 aliphatic carbocycles. The van der Waals surface area contributed by atoms with Gasteiger partial charge in [0, 0.05) is 57.7 Å². The second-order valence-electron chi connectivity index (χ2n) is 11.3. The van der Waals surface area contributed by atoms with Crippen molar-refractivity contribution in [3.8, 4) is 0 Å². The van der Waals surface area contributed by atoms with Crippen LogP contribution in [0.15, 0.2) is 23.2 Å². The van der Waals surface area contributed by atoms with Gasteiger partial charge in [0.15, 0.2) is 0 Å². The fourth-order valence-corrected chi connectivity index (χ4v) is 7.63. The molecule has 4 fully saturated rings. The van der Waals surface area contributed by atoms with Crippen LogP contribution in [0.1, 0.15) is 57.8 Å². The molecule has 0 bridgehead atoms. The summed E-state index contributed by atoms with van der Waals surface area (Å²) in [4.78, 5) is 9.55. The van der Waals surface area contributed by atoms with Gasteiger partial charge >= 0.3 is 0 Å². The van der Waals surface area contributed by atoms with Crippen LogP contribution in [0.2, 0.25) is 0 Å². The van der Waals surface area contributed by atoms with Gasteiger partial charge in [-0.15, -0.1) is 0 Å². The molecule has 4 aliphatic rings. The Kier molecular flexibility index (Phi) is 7.99. The molecule has 1 N–H and O–H groups in total. The van der Waals surface area contributed by atoms with E-state index in [1.54, 1.807) is 6.07 Å². The average Bonchev–Trinajstić information content (AvgIpc) is 3.33. The number of nitrogens with zero attached hydrogens (tertiary/aromatic N) is 3. The summed E-state index contributed by atoms with van der Waals surface area (Å²) in [6.07, 6.45) is 11.0. The number of anilines is 1. The SMILES string of the molecule is CN(CC1CCOCC1)C1CCC(NS(=O)(=O)c2ccc(N3CCC4(CCOC4)CC3)nc2)CC1. The van der Waals surface area contributed by atoms with Gasteiger partial charge in [-0.25, -0.2) is 18.1 Å². The van der Waals surface area contributed by atoms with Gasteiger partial charge in [0.25, 0.3) is 0 Å². The summed E-state index contributed by atoms with van der Waals surface area (Å²) in [5.74, 6) is 1.59. The summed E-state index contributed by atoms with van der Waals surface area (Å²) in [6, 6.07) is 4.11. The van der Waals surface area contributed by atoms with E-state index in [1.165, 1.54) is 6.20 Å². The van der Waals surface area contributed by atoms with Gasteiger partial charge < -0.3 is 19.3 Å². The lowest BCUT2D eigenvalue weighted by Crippen LogP contribution is -2.44. The van der Waals surface area contributed by atoms with Crippen LogP contribution in [0.5, 0.6) is 0 Å². The van der Waals surface area contributed by atoms with E-state index in [2.05, 4.69) is 26.6 Å². The summed E-state index contributed by atoms with van der Waals surface area (Å²) >= 11 is 0. The molecule has 3 saturated heterocycles. The Labute approximate surface area is 210 Å². The third-order valence-corrected chi connectivity index (χ3v) is 10.4. The van der Waals surface area contributed by atoms with Crippen LogP contribution in [0.4, 0.5) is 5.82 Å². The minimum absolute atomic E-state index is 0.000628. The fourth-order valence-electron chi connectivity index (χ4n) is 6.38. The van der Waals surface area contributed by atoms with E-state index in [9.17, 15) is 8.42 Å². The second-order valence-corrected chi connectivity index (χ2v) is 13.0. The van der Waals surface area contributed by atoms with Crippen LogP contribution in [0, 0.1) is 11.3 Å². The maximum absolute atomic E-state index is 13.0. The van der Waals surface area contributed by atoms with Crippen LogP contribution >= 0.6 is 0 Å². The highest BCUT2D eigenvalue weighted by Crippen LogP contribution is 2.39. The molecule has 0 amide bonds. The second kappa shape index (κ2) is 11.0. The van der Waals surface area contributed by atoms with E-state index in [4.69, 9.17) is 9.47 Å². The van der Waals surface area contributed by atoms with Gasteiger partial charge in [-0.1, -0.05) is 0 Å². The molecule has 1 aromatic rings. The Morgan fingerprint density at radius 1 is 1.03 bits per heavy atom. The summed E-state index contributed by atoms with van der Waals surface area (Å²) < 4.78 is 40.1. The smallest absolute Gasteiger partial charge is 0.242 e. The predicted molar refractivity (Wildman–Crippen MR) is 136 cm³/mol. The van der Waals surface area contributed by atoms with Crippen LogP contribution in [0.25, 0.3) is 0 Å². The quantitative estimate of drug-likeness (QED) is 0.609. The number of ether oxygens (including phenoxy) is 2. The summed E-state index contributed by atoms with van der Waals surface area (Å²) in [5, 5.41) is 0. The highest BCUT2D eigenvalue weighted by molar-refractivity contribution is 7.89. The van der Waals surface area contributed by atoms with E-state index in [0.717, 1.165) is 116 Å². The van der Waals surface area contributed by atoms with E-state index in [-0.39, 0.29) is 10.9 Å². The predicted octanol–water partition coefficient (Wildman–Crippen LogP) is 3.04. The van der Waals surface area contributed by atoms with Crippen LogP contribution in [-0.2, 0) is 19.5 Å². The number of hydrogen-bond donors (Lipinski definition) is 1. The lowest BCUT2D eigenvalue weighted by Gasteiger charge is -2.38. The van der Waals surface area contributed by atoms with Crippen molar-refractivity contribution >= 4 is 15.8 Å². The maximum atomic E-state index is 13.0. The van der Waals surface area contributed by atoms with Crippen molar-refractivity contribution in [3.05, 3.63) is 18.3 Å². The molecule has 0 aromatic carbocycles. The number of sulfonamides is 1. The van der Waals surface area contributed by atoms with Gasteiger partial charge in [0.1, 0.15) is 10.7 Å². The standard InChI is InChI=1S/C26H42N4O4S/c1-29(19-21-8-15-33-16-9-21)23-4-2-22(3-5-23)28-35(31,32)24-6-7-25(27-18-24)30-13-10-26(11-14-30)12-17-34-20-26/h6-7,18,21-23,28H,2-5,8-17,19-20H2,1H3. The molecule has 1 spiro atoms. The first kappa shape index (κ1) is 25.4. The first-order chi connectivity index (χ1) is 16.9. The van der Waals surface area contributed by atoms with Crippen LogP contribution in [0.3, 0.4) is 0 Å². The lowest BCUT2D eigenvalue weighted by atomic mass is 9.78. The minimum Gasteiger partial charge on any atom is -0.381 e. The highest BCUT2D eigenvalue weighted by atomic mass is 32.2. The zero-order valence-electron chi connectivity index (χ0n) is 21.2. The van der Waals surface area contributed by atoms with Crippen molar-refractivity contribution in [2.45, 2.75) is 74.8 Å². The number of pyridine rings is 1. The number of piperidine rings is 1. The molecule has 5 rings (SSSR count). The molecule has 4 heterocycles.